The van der Waals surface area contributed by atoms with Gasteiger partial charge < -0.3 is 0 Å². The highest BCUT2D eigenvalue weighted by molar-refractivity contribution is 7.88. The van der Waals surface area contributed by atoms with Gasteiger partial charge in [0.2, 0.25) is 10.0 Å². The van der Waals surface area contributed by atoms with Crippen molar-refractivity contribution >= 4 is 10.0 Å². The number of halogens is 1. The molecule has 3 rings (SSSR count). The molecule has 0 aliphatic heterocycles. The quantitative estimate of drug-likeness (QED) is 0.674. The Kier molecular flexibility index (Phi) is 5.78. The summed E-state index contributed by atoms with van der Waals surface area (Å²) in [6.45, 7) is 0.122. The molecule has 8 heteroatoms. The average Bonchev–Trinajstić information content (AvgIpc) is 2.65. The Balaban J connectivity index is 1.64. The minimum atomic E-state index is -3.61. The lowest BCUT2D eigenvalue weighted by molar-refractivity contribution is 0.548. The van der Waals surface area contributed by atoms with Gasteiger partial charge in [0.1, 0.15) is 5.82 Å². The van der Waals surface area contributed by atoms with E-state index >= 15 is 0 Å². The van der Waals surface area contributed by atoms with Crippen molar-refractivity contribution in [1.82, 2.24) is 14.5 Å². The van der Waals surface area contributed by atoms with Gasteiger partial charge >= 0.3 is 0 Å². The number of rotatable bonds is 7. The summed E-state index contributed by atoms with van der Waals surface area (Å²) in [4.78, 5) is 12.0. The Morgan fingerprint density at radius 2 is 1.67 bits per heavy atom. The van der Waals surface area contributed by atoms with Crippen molar-refractivity contribution in [1.29, 1.82) is 0 Å². The minimum absolute atomic E-state index is 0.0225. The molecular formula is C19H18FN3O3S. The highest BCUT2D eigenvalue weighted by Crippen LogP contribution is 2.13. The van der Waals surface area contributed by atoms with E-state index < -0.39 is 15.8 Å². The van der Waals surface area contributed by atoms with Crippen molar-refractivity contribution < 1.29 is 12.8 Å². The molecule has 140 valence electrons. The largest absolute Gasteiger partial charge is 0.268 e. The summed E-state index contributed by atoms with van der Waals surface area (Å²) in [7, 11) is -3.61. The lowest BCUT2D eigenvalue weighted by Crippen LogP contribution is -2.32. The first-order valence-electron chi connectivity index (χ1n) is 8.28. The maximum Gasteiger partial charge on any atom is 0.266 e. The summed E-state index contributed by atoms with van der Waals surface area (Å²) in [5, 5.41) is 4.28. The summed E-state index contributed by atoms with van der Waals surface area (Å²) in [5.41, 5.74) is 1.66. The predicted molar refractivity (Wildman–Crippen MR) is 101 cm³/mol. The van der Waals surface area contributed by atoms with E-state index in [1.54, 1.807) is 6.07 Å². The van der Waals surface area contributed by atoms with Crippen molar-refractivity contribution in [2.45, 2.75) is 12.3 Å². The van der Waals surface area contributed by atoms with Crippen LogP contribution in [0.5, 0.6) is 0 Å². The molecule has 0 aliphatic carbocycles. The fourth-order valence-electron chi connectivity index (χ4n) is 2.53. The lowest BCUT2D eigenvalue weighted by Gasteiger charge is -2.09. The van der Waals surface area contributed by atoms with Crippen LogP contribution in [0.3, 0.4) is 0 Å². The first-order valence-corrected chi connectivity index (χ1v) is 9.93. The van der Waals surface area contributed by atoms with Gasteiger partial charge in [-0.3, -0.25) is 4.79 Å². The zero-order valence-electron chi connectivity index (χ0n) is 14.4. The molecule has 1 heterocycles. The maximum atomic E-state index is 12.9. The minimum Gasteiger partial charge on any atom is -0.268 e. The molecule has 0 unspecified atom stereocenters. The first kappa shape index (κ1) is 18.9. The van der Waals surface area contributed by atoms with Gasteiger partial charge in [0.05, 0.1) is 18.0 Å². The third kappa shape index (κ3) is 5.32. The fraction of sp³-hybridized carbons (Fsp3) is 0.158. The summed E-state index contributed by atoms with van der Waals surface area (Å²) >= 11 is 0. The second-order valence-corrected chi connectivity index (χ2v) is 7.73. The van der Waals surface area contributed by atoms with E-state index in [0.717, 1.165) is 5.56 Å². The van der Waals surface area contributed by atoms with Gasteiger partial charge in [0, 0.05) is 18.2 Å². The van der Waals surface area contributed by atoms with Crippen molar-refractivity contribution in [3.63, 3.8) is 0 Å². The SMILES string of the molecule is O=c1ccc(-c2ccccc2)nn1CCNS(=O)(=O)Cc1ccc(F)cc1. The van der Waals surface area contributed by atoms with Gasteiger partial charge in [-0.25, -0.2) is 22.2 Å². The van der Waals surface area contributed by atoms with E-state index in [4.69, 9.17) is 0 Å². The topological polar surface area (TPSA) is 81.1 Å². The van der Waals surface area contributed by atoms with Crippen LogP contribution < -0.4 is 10.3 Å². The molecule has 0 saturated carbocycles. The summed E-state index contributed by atoms with van der Waals surface area (Å²) < 4.78 is 40.8. The van der Waals surface area contributed by atoms with Crippen molar-refractivity contribution in [3.8, 4) is 11.3 Å². The molecule has 27 heavy (non-hydrogen) atoms. The van der Waals surface area contributed by atoms with Gasteiger partial charge in [-0.1, -0.05) is 42.5 Å². The van der Waals surface area contributed by atoms with Crippen LogP contribution in [0.2, 0.25) is 0 Å². The molecule has 0 aliphatic rings. The number of benzene rings is 2. The van der Waals surface area contributed by atoms with Crippen LogP contribution in [-0.2, 0) is 22.3 Å². The molecule has 3 aromatic rings. The van der Waals surface area contributed by atoms with Crippen molar-refractivity contribution in [3.05, 3.63) is 88.5 Å². The fourth-order valence-corrected chi connectivity index (χ4v) is 3.67. The van der Waals surface area contributed by atoms with Crippen molar-refractivity contribution in [2.24, 2.45) is 0 Å². The van der Waals surface area contributed by atoms with E-state index in [1.165, 1.54) is 35.0 Å². The van der Waals surface area contributed by atoms with E-state index in [-0.39, 0.29) is 24.4 Å². The molecule has 2 aromatic carbocycles. The van der Waals surface area contributed by atoms with Crippen LogP contribution in [0.1, 0.15) is 5.56 Å². The average molecular weight is 387 g/mol. The number of nitrogens with zero attached hydrogens (tertiary/aromatic N) is 2. The third-order valence-electron chi connectivity index (χ3n) is 3.85. The van der Waals surface area contributed by atoms with Gasteiger partial charge in [-0.2, -0.15) is 5.10 Å². The Labute approximate surface area is 156 Å². The van der Waals surface area contributed by atoms with E-state index in [1.807, 2.05) is 30.3 Å². The molecule has 6 nitrogen and oxygen atoms in total. The molecule has 1 N–H and O–H groups in total. The van der Waals surface area contributed by atoms with E-state index in [2.05, 4.69) is 9.82 Å². The molecule has 1 aromatic heterocycles. The Hall–Kier alpha value is -2.84. The van der Waals surface area contributed by atoms with Crippen LogP contribution in [0, 0.1) is 5.82 Å². The second kappa shape index (κ2) is 8.24. The normalized spacial score (nSPS) is 11.4. The third-order valence-corrected chi connectivity index (χ3v) is 5.21. The lowest BCUT2D eigenvalue weighted by atomic mass is 10.1. The molecule has 0 fully saturated rings. The van der Waals surface area contributed by atoms with Gasteiger partial charge in [0.25, 0.3) is 5.56 Å². The maximum absolute atomic E-state index is 12.9. The monoisotopic (exact) mass is 387 g/mol. The molecule has 0 spiro atoms. The van der Waals surface area contributed by atoms with E-state index in [0.29, 0.717) is 11.3 Å². The summed E-state index contributed by atoms with van der Waals surface area (Å²) in [6, 6.07) is 17.7. The zero-order valence-corrected chi connectivity index (χ0v) is 15.2. The summed E-state index contributed by atoms with van der Waals surface area (Å²) in [5.74, 6) is -0.688. The highest BCUT2D eigenvalue weighted by atomic mass is 32.2. The van der Waals surface area contributed by atoms with Crippen LogP contribution in [-0.4, -0.2) is 24.7 Å². The Bertz CT molecular complexity index is 1070. The second-order valence-electron chi connectivity index (χ2n) is 5.93. The van der Waals surface area contributed by atoms with Crippen molar-refractivity contribution in [2.75, 3.05) is 6.54 Å². The zero-order chi connectivity index (χ0) is 19.3. The van der Waals surface area contributed by atoms with Crippen LogP contribution in [0.4, 0.5) is 4.39 Å². The number of aromatic nitrogens is 2. The number of hydrogen-bond acceptors (Lipinski definition) is 4. The van der Waals surface area contributed by atoms with Crippen LogP contribution in [0.15, 0.2) is 71.5 Å². The van der Waals surface area contributed by atoms with E-state index in [9.17, 15) is 17.6 Å². The molecule has 0 saturated heterocycles. The highest BCUT2D eigenvalue weighted by Gasteiger charge is 2.12. The predicted octanol–water partition coefficient (Wildman–Crippen LogP) is 2.17. The number of nitrogens with one attached hydrogen (secondary N) is 1. The standard InChI is InChI=1S/C19H18FN3O3S/c20-17-8-6-15(7-9-17)14-27(25,26)21-12-13-23-19(24)11-10-18(22-23)16-4-2-1-3-5-16/h1-11,21H,12-14H2. The summed E-state index contributed by atoms with van der Waals surface area (Å²) in [6.07, 6.45) is 0. The number of hydrogen-bond donors (Lipinski definition) is 1. The molecule has 0 radical (unpaired) electrons. The van der Waals surface area contributed by atoms with Crippen LogP contribution >= 0.6 is 0 Å². The van der Waals surface area contributed by atoms with Gasteiger partial charge in [0.15, 0.2) is 0 Å². The Morgan fingerprint density at radius 3 is 2.37 bits per heavy atom. The van der Waals surface area contributed by atoms with Gasteiger partial charge in [-0.15, -0.1) is 0 Å². The van der Waals surface area contributed by atoms with Gasteiger partial charge in [-0.05, 0) is 23.8 Å². The Morgan fingerprint density at radius 1 is 0.963 bits per heavy atom. The van der Waals surface area contributed by atoms with Crippen LogP contribution in [0.25, 0.3) is 11.3 Å². The molecule has 0 atom stereocenters. The first-order chi connectivity index (χ1) is 12.9. The smallest absolute Gasteiger partial charge is 0.266 e. The molecule has 0 amide bonds. The number of sulfonamides is 1. The molecular weight excluding hydrogens is 369 g/mol. The molecule has 0 bridgehead atoms.